The zero-order chi connectivity index (χ0) is 15.0. The van der Waals surface area contributed by atoms with Gasteiger partial charge in [-0.25, -0.2) is 0 Å². The summed E-state index contributed by atoms with van der Waals surface area (Å²) >= 11 is 0. The van der Waals surface area contributed by atoms with E-state index in [1.54, 1.807) is 0 Å². The summed E-state index contributed by atoms with van der Waals surface area (Å²) in [6.45, 7) is 7.69. The van der Waals surface area contributed by atoms with Crippen LogP contribution in [0.5, 0.6) is 0 Å². The predicted molar refractivity (Wildman–Crippen MR) is 84.6 cm³/mol. The third-order valence-electron chi connectivity index (χ3n) is 5.09. The average Bonchev–Trinajstić information content (AvgIpc) is 2.96. The minimum absolute atomic E-state index is 0.162. The molecule has 1 N–H and O–H groups in total. The Morgan fingerprint density at radius 2 is 1.95 bits per heavy atom. The average molecular weight is 286 g/mol. The molecule has 1 saturated heterocycles. The van der Waals surface area contributed by atoms with Gasteiger partial charge in [-0.05, 0) is 29.7 Å². The van der Waals surface area contributed by atoms with Crippen molar-refractivity contribution in [2.75, 3.05) is 6.54 Å². The number of rotatable bonds is 5. The molecule has 1 aromatic carbocycles. The Labute approximate surface area is 127 Å². The lowest BCUT2D eigenvalue weighted by Crippen LogP contribution is -2.39. The second-order valence-electron chi connectivity index (χ2n) is 7.20. The van der Waals surface area contributed by atoms with E-state index in [-0.39, 0.29) is 18.1 Å². The summed E-state index contributed by atoms with van der Waals surface area (Å²) in [7, 11) is 0. The van der Waals surface area contributed by atoms with Gasteiger partial charge in [-0.15, -0.1) is 0 Å². The number of nitrogens with zero attached hydrogens (tertiary/aromatic N) is 1. The number of carbonyl (C=O) groups excluding carboxylic acids is 1. The van der Waals surface area contributed by atoms with E-state index in [4.69, 9.17) is 0 Å². The van der Waals surface area contributed by atoms with Crippen LogP contribution in [0.15, 0.2) is 30.3 Å². The Morgan fingerprint density at radius 3 is 2.52 bits per heavy atom. The van der Waals surface area contributed by atoms with E-state index in [9.17, 15) is 4.79 Å². The van der Waals surface area contributed by atoms with E-state index in [1.165, 1.54) is 6.42 Å². The third kappa shape index (κ3) is 2.84. The number of carbonyl (C=O) groups is 1. The second-order valence-corrected chi connectivity index (χ2v) is 7.20. The number of nitrogens with one attached hydrogen (secondary N) is 1. The molecule has 3 atom stereocenters. The summed E-state index contributed by atoms with van der Waals surface area (Å²) < 4.78 is 0. The van der Waals surface area contributed by atoms with Crippen LogP contribution in [0, 0.1) is 11.3 Å². The quantitative estimate of drug-likeness (QED) is 0.900. The lowest BCUT2D eigenvalue weighted by Gasteiger charge is -2.24. The molecule has 1 heterocycles. The first kappa shape index (κ1) is 14.6. The predicted octanol–water partition coefficient (Wildman–Crippen LogP) is 3.33. The van der Waals surface area contributed by atoms with E-state index in [0.717, 1.165) is 24.9 Å². The fourth-order valence-corrected chi connectivity index (χ4v) is 3.41. The molecule has 3 unspecified atom stereocenters. The van der Waals surface area contributed by atoms with Crippen molar-refractivity contribution in [2.45, 2.75) is 52.2 Å². The molecule has 1 aromatic rings. The summed E-state index contributed by atoms with van der Waals surface area (Å²) in [6, 6.07) is 9.94. The standard InChI is InChI=1S/C18H26N2O/c1-4-8-15-19-16(13-9-6-5-7-10-13)17(21)20(15)12-14-11-18(14,2)3/h5-7,9-10,14-16,19H,4,8,11-12H2,1-3H3. The van der Waals surface area contributed by atoms with Gasteiger partial charge in [-0.3, -0.25) is 10.1 Å². The largest absolute Gasteiger partial charge is 0.325 e. The van der Waals surface area contributed by atoms with Crippen LogP contribution < -0.4 is 5.32 Å². The summed E-state index contributed by atoms with van der Waals surface area (Å²) in [5, 5.41) is 3.54. The topological polar surface area (TPSA) is 32.3 Å². The maximum Gasteiger partial charge on any atom is 0.245 e. The molecular formula is C18H26N2O. The van der Waals surface area contributed by atoms with Gasteiger partial charge in [-0.1, -0.05) is 57.5 Å². The number of benzene rings is 1. The van der Waals surface area contributed by atoms with Gasteiger partial charge in [-0.2, -0.15) is 0 Å². The lowest BCUT2D eigenvalue weighted by atomic mass is 10.1. The minimum Gasteiger partial charge on any atom is -0.325 e. The van der Waals surface area contributed by atoms with Gasteiger partial charge in [0.2, 0.25) is 5.91 Å². The Bertz CT molecular complexity index is 511. The summed E-state index contributed by atoms with van der Waals surface area (Å²) in [5.74, 6) is 0.916. The first-order chi connectivity index (χ1) is 10.0. The molecule has 1 amide bonds. The van der Waals surface area contributed by atoms with Gasteiger partial charge < -0.3 is 4.90 Å². The normalized spacial score (nSPS) is 30.7. The van der Waals surface area contributed by atoms with Gasteiger partial charge >= 0.3 is 0 Å². The Balaban J connectivity index is 1.76. The molecule has 0 bridgehead atoms. The molecule has 3 heteroatoms. The molecule has 3 rings (SSSR count). The highest BCUT2D eigenvalue weighted by molar-refractivity contribution is 5.85. The van der Waals surface area contributed by atoms with E-state index < -0.39 is 0 Å². The van der Waals surface area contributed by atoms with Crippen LogP contribution in [0.2, 0.25) is 0 Å². The Hall–Kier alpha value is -1.35. The first-order valence-electron chi connectivity index (χ1n) is 8.14. The Kier molecular flexibility index (Phi) is 3.78. The molecule has 1 saturated carbocycles. The second kappa shape index (κ2) is 5.45. The highest BCUT2D eigenvalue weighted by atomic mass is 16.2. The summed E-state index contributed by atoms with van der Waals surface area (Å²) in [5.41, 5.74) is 1.50. The van der Waals surface area contributed by atoms with E-state index in [1.807, 2.05) is 30.3 Å². The molecular weight excluding hydrogens is 260 g/mol. The highest BCUT2D eigenvalue weighted by Crippen LogP contribution is 2.52. The maximum atomic E-state index is 12.8. The van der Waals surface area contributed by atoms with Crippen LogP contribution >= 0.6 is 0 Å². The monoisotopic (exact) mass is 286 g/mol. The van der Waals surface area contributed by atoms with Crippen LogP contribution in [-0.2, 0) is 4.79 Å². The van der Waals surface area contributed by atoms with Gasteiger partial charge in [0.05, 0.1) is 6.17 Å². The van der Waals surface area contributed by atoms with Gasteiger partial charge in [0.25, 0.3) is 0 Å². The van der Waals surface area contributed by atoms with Crippen molar-refractivity contribution in [3.8, 4) is 0 Å². The van der Waals surface area contributed by atoms with Crippen molar-refractivity contribution >= 4 is 5.91 Å². The van der Waals surface area contributed by atoms with Crippen molar-refractivity contribution in [3.63, 3.8) is 0 Å². The van der Waals surface area contributed by atoms with Crippen molar-refractivity contribution in [3.05, 3.63) is 35.9 Å². The van der Waals surface area contributed by atoms with E-state index in [0.29, 0.717) is 11.3 Å². The molecule has 21 heavy (non-hydrogen) atoms. The van der Waals surface area contributed by atoms with Crippen LogP contribution in [0.4, 0.5) is 0 Å². The first-order valence-corrected chi connectivity index (χ1v) is 8.14. The molecule has 2 aliphatic rings. The number of hydrogen-bond acceptors (Lipinski definition) is 2. The minimum atomic E-state index is -0.162. The number of amides is 1. The SMILES string of the molecule is CCCC1NC(c2ccccc2)C(=O)N1CC1CC1(C)C. The van der Waals surface area contributed by atoms with Crippen LogP contribution in [0.3, 0.4) is 0 Å². The lowest BCUT2D eigenvalue weighted by molar-refractivity contribution is -0.130. The third-order valence-corrected chi connectivity index (χ3v) is 5.09. The van der Waals surface area contributed by atoms with Crippen molar-refractivity contribution in [2.24, 2.45) is 11.3 Å². The van der Waals surface area contributed by atoms with Crippen LogP contribution in [0.1, 0.15) is 51.6 Å². The molecule has 1 aliphatic carbocycles. The molecule has 2 fully saturated rings. The highest BCUT2D eigenvalue weighted by Gasteiger charge is 2.49. The number of hydrogen-bond donors (Lipinski definition) is 1. The van der Waals surface area contributed by atoms with E-state index >= 15 is 0 Å². The zero-order valence-corrected chi connectivity index (χ0v) is 13.3. The van der Waals surface area contributed by atoms with Crippen molar-refractivity contribution in [1.29, 1.82) is 0 Å². The van der Waals surface area contributed by atoms with Crippen molar-refractivity contribution in [1.82, 2.24) is 10.2 Å². The molecule has 114 valence electrons. The van der Waals surface area contributed by atoms with Gasteiger partial charge in [0, 0.05) is 6.54 Å². The fraction of sp³-hybridized carbons (Fsp3) is 0.611. The molecule has 0 spiro atoms. The molecule has 3 nitrogen and oxygen atoms in total. The van der Waals surface area contributed by atoms with Gasteiger partial charge in [0.1, 0.15) is 6.04 Å². The Morgan fingerprint density at radius 1 is 1.29 bits per heavy atom. The molecule has 0 aromatic heterocycles. The molecule has 1 aliphatic heterocycles. The fourth-order valence-electron chi connectivity index (χ4n) is 3.41. The van der Waals surface area contributed by atoms with Crippen LogP contribution in [0.25, 0.3) is 0 Å². The van der Waals surface area contributed by atoms with Crippen molar-refractivity contribution < 1.29 is 4.79 Å². The summed E-state index contributed by atoms with van der Waals surface area (Å²) in [6.07, 6.45) is 3.56. The van der Waals surface area contributed by atoms with Crippen LogP contribution in [-0.4, -0.2) is 23.5 Å². The van der Waals surface area contributed by atoms with Gasteiger partial charge in [0.15, 0.2) is 0 Å². The van der Waals surface area contributed by atoms with E-state index in [2.05, 4.69) is 31.0 Å². The molecule has 0 radical (unpaired) electrons. The zero-order valence-electron chi connectivity index (χ0n) is 13.3. The summed E-state index contributed by atoms with van der Waals surface area (Å²) in [4.78, 5) is 14.9. The maximum absolute atomic E-state index is 12.8. The smallest absolute Gasteiger partial charge is 0.245 e.